The van der Waals surface area contributed by atoms with Crippen molar-refractivity contribution in [3.63, 3.8) is 0 Å². The van der Waals surface area contributed by atoms with Gasteiger partial charge in [0.05, 0.1) is 0 Å². The molecule has 2 fully saturated rings. The number of benzene rings is 1. The van der Waals surface area contributed by atoms with Gasteiger partial charge in [-0.1, -0.05) is 26.8 Å². The van der Waals surface area contributed by atoms with Crippen LogP contribution < -0.4 is 10.6 Å². The van der Waals surface area contributed by atoms with Crippen molar-refractivity contribution in [2.75, 3.05) is 31.5 Å². The summed E-state index contributed by atoms with van der Waals surface area (Å²) in [6.07, 6.45) is 3.99. The lowest BCUT2D eigenvalue weighted by atomic mass is 9.84. The SMILES string of the molecule is Cc1ccc(C(=O)N2CC(C)CC(C)C2)cc1NC(=O)CC(C)C1CCNCC1. The maximum Gasteiger partial charge on any atom is 0.253 e. The molecule has 0 saturated carbocycles. The van der Waals surface area contributed by atoms with Crippen LogP contribution in [0.4, 0.5) is 5.69 Å². The van der Waals surface area contributed by atoms with Gasteiger partial charge in [0, 0.05) is 30.8 Å². The van der Waals surface area contributed by atoms with Gasteiger partial charge >= 0.3 is 0 Å². The lowest BCUT2D eigenvalue weighted by Gasteiger charge is -2.35. The summed E-state index contributed by atoms with van der Waals surface area (Å²) in [5.41, 5.74) is 2.42. The summed E-state index contributed by atoms with van der Waals surface area (Å²) in [5, 5.41) is 6.45. The Morgan fingerprint density at radius 3 is 2.48 bits per heavy atom. The monoisotopic (exact) mass is 399 g/mol. The molecule has 1 aromatic rings. The maximum atomic E-state index is 13.0. The average molecular weight is 400 g/mol. The number of rotatable bonds is 5. The summed E-state index contributed by atoms with van der Waals surface area (Å²) >= 11 is 0. The van der Waals surface area contributed by atoms with Crippen molar-refractivity contribution >= 4 is 17.5 Å². The van der Waals surface area contributed by atoms with E-state index in [-0.39, 0.29) is 11.8 Å². The standard InChI is InChI=1S/C24H37N3O2/c1-16-11-17(2)15-27(14-16)24(29)21-6-5-18(3)22(13-21)26-23(28)12-19(4)20-7-9-25-10-8-20/h5-6,13,16-17,19-20,25H,7-12,14-15H2,1-4H3,(H,26,28). The molecule has 5 heteroatoms. The van der Waals surface area contributed by atoms with Crippen molar-refractivity contribution in [2.45, 2.75) is 53.4 Å². The van der Waals surface area contributed by atoms with Crippen molar-refractivity contribution in [1.82, 2.24) is 10.2 Å². The van der Waals surface area contributed by atoms with Crippen molar-refractivity contribution < 1.29 is 9.59 Å². The summed E-state index contributed by atoms with van der Waals surface area (Å²) in [6, 6.07) is 5.68. The van der Waals surface area contributed by atoms with Crippen LogP contribution in [0.15, 0.2) is 18.2 Å². The molecule has 3 atom stereocenters. The zero-order valence-corrected chi connectivity index (χ0v) is 18.5. The summed E-state index contributed by atoms with van der Waals surface area (Å²) in [5.74, 6) is 2.16. The molecule has 0 spiro atoms. The number of carbonyl (C=O) groups excluding carboxylic acids is 2. The highest BCUT2D eigenvalue weighted by Gasteiger charge is 2.27. The zero-order valence-electron chi connectivity index (χ0n) is 18.5. The number of hydrogen-bond acceptors (Lipinski definition) is 3. The second-order valence-electron chi connectivity index (χ2n) is 9.50. The van der Waals surface area contributed by atoms with E-state index in [0.717, 1.165) is 50.3 Å². The maximum absolute atomic E-state index is 13.0. The molecule has 2 N–H and O–H groups in total. The molecule has 2 heterocycles. The van der Waals surface area contributed by atoms with Gasteiger partial charge in [-0.2, -0.15) is 0 Å². The fourth-order valence-corrected chi connectivity index (χ4v) is 4.97. The van der Waals surface area contributed by atoms with Crippen molar-refractivity contribution in [2.24, 2.45) is 23.7 Å². The van der Waals surface area contributed by atoms with Crippen LogP contribution in [0.3, 0.4) is 0 Å². The first kappa shape index (κ1) is 21.8. The van der Waals surface area contributed by atoms with Gasteiger partial charge in [0.15, 0.2) is 0 Å². The van der Waals surface area contributed by atoms with Gasteiger partial charge in [0.2, 0.25) is 5.91 Å². The molecular weight excluding hydrogens is 362 g/mol. The number of carbonyl (C=O) groups is 2. The predicted molar refractivity (Wildman–Crippen MR) is 118 cm³/mol. The van der Waals surface area contributed by atoms with Gasteiger partial charge < -0.3 is 15.5 Å². The lowest BCUT2D eigenvalue weighted by Crippen LogP contribution is -2.42. The van der Waals surface area contributed by atoms with E-state index in [1.807, 2.05) is 30.0 Å². The number of nitrogens with one attached hydrogen (secondary N) is 2. The summed E-state index contributed by atoms with van der Waals surface area (Å²) in [7, 11) is 0. The fourth-order valence-electron chi connectivity index (χ4n) is 4.97. The van der Waals surface area contributed by atoms with E-state index in [2.05, 4.69) is 31.4 Å². The molecule has 1 aromatic carbocycles. The van der Waals surface area contributed by atoms with Gasteiger partial charge in [-0.15, -0.1) is 0 Å². The molecule has 2 aliphatic rings. The van der Waals surface area contributed by atoms with Crippen LogP contribution in [0.25, 0.3) is 0 Å². The number of nitrogens with zero attached hydrogens (tertiary/aromatic N) is 1. The Balaban J connectivity index is 1.63. The lowest BCUT2D eigenvalue weighted by molar-refractivity contribution is -0.117. The van der Waals surface area contributed by atoms with Crippen LogP contribution in [0, 0.1) is 30.6 Å². The molecule has 29 heavy (non-hydrogen) atoms. The molecular formula is C24H37N3O2. The minimum Gasteiger partial charge on any atom is -0.338 e. The molecule has 5 nitrogen and oxygen atoms in total. The van der Waals surface area contributed by atoms with E-state index in [0.29, 0.717) is 35.7 Å². The largest absolute Gasteiger partial charge is 0.338 e. The van der Waals surface area contributed by atoms with Crippen molar-refractivity contribution in [3.05, 3.63) is 29.3 Å². The van der Waals surface area contributed by atoms with Crippen LogP contribution in [0.1, 0.15) is 62.4 Å². The molecule has 3 rings (SSSR count). The normalized spacial score (nSPS) is 24.2. The Morgan fingerprint density at radius 2 is 1.83 bits per heavy atom. The Labute approximate surface area is 175 Å². The average Bonchev–Trinajstić information content (AvgIpc) is 2.69. The van der Waals surface area contributed by atoms with E-state index in [9.17, 15) is 9.59 Å². The Morgan fingerprint density at radius 1 is 1.17 bits per heavy atom. The molecule has 0 bridgehead atoms. The third-order valence-corrected chi connectivity index (χ3v) is 6.61. The molecule has 0 aromatic heterocycles. The molecule has 160 valence electrons. The van der Waals surface area contributed by atoms with Crippen LogP contribution >= 0.6 is 0 Å². The number of hydrogen-bond donors (Lipinski definition) is 2. The number of anilines is 1. The van der Waals surface area contributed by atoms with Gasteiger partial charge in [-0.25, -0.2) is 0 Å². The third kappa shape index (κ3) is 5.81. The zero-order chi connectivity index (χ0) is 21.0. The number of likely N-dealkylation sites (tertiary alicyclic amines) is 1. The molecule has 2 saturated heterocycles. The smallest absolute Gasteiger partial charge is 0.253 e. The van der Waals surface area contributed by atoms with Crippen LogP contribution in [0.2, 0.25) is 0 Å². The molecule has 0 aliphatic carbocycles. The molecule has 0 radical (unpaired) electrons. The van der Waals surface area contributed by atoms with E-state index in [1.54, 1.807) is 0 Å². The van der Waals surface area contributed by atoms with Gasteiger partial charge in [-0.3, -0.25) is 9.59 Å². The molecule has 3 unspecified atom stereocenters. The first-order chi connectivity index (χ1) is 13.8. The van der Waals surface area contributed by atoms with Crippen LogP contribution in [0.5, 0.6) is 0 Å². The highest BCUT2D eigenvalue weighted by Crippen LogP contribution is 2.27. The fraction of sp³-hybridized carbons (Fsp3) is 0.667. The highest BCUT2D eigenvalue weighted by atomic mass is 16.2. The number of amides is 2. The van der Waals surface area contributed by atoms with Crippen LogP contribution in [-0.4, -0.2) is 42.9 Å². The minimum absolute atomic E-state index is 0.0453. The third-order valence-electron chi connectivity index (χ3n) is 6.61. The van der Waals surface area contributed by atoms with E-state index < -0.39 is 0 Å². The summed E-state index contributed by atoms with van der Waals surface area (Å²) in [4.78, 5) is 27.7. The second-order valence-corrected chi connectivity index (χ2v) is 9.50. The molecule has 2 amide bonds. The molecule has 2 aliphatic heterocycles. The Hall–Kier alpha value is -1.88. The van der Waals surface area contributed by atoms with Crippen molar-refractivity contribution in [1.29, 1.82) is 0 Å². The number of piperidine rings is 2. The predicted octanol–water partition coefficient (Wildman–Crippen LogP) is 4.08. The quantitative estimate of drug-likeness (QED) is 0.784. The summed E-state index contributed by atoms with van der Waals surface area (Å²) in [6.45, 7) is 12.3. The topological polar surface area (TPSA) is 61.4 Å². The van der Waals surface area contributed by atoms with Gasteiger partial charge in [0.25, 0.3) is 5.91 Å². The first-order valence-corrected chi connectivity index (χ1v) is 11.2. The summed E-state index contributed by atoms with van der Waals surface area (Å²) < 4.78 is 0. The van der Waals surface area contributed by atoms with Gasteiger partial charge in [-0.05, 0) is 80.6 Å². The minimum atomic E-state index is 0.0453. The first-order valence-electron chi connectivity index (χ1n) is 11.2. The van der Waals surface area contributed by atoms with E-state index in [4.69, 9.17) is 0 Å². The van der Waals surface area contributed by atoms with Crippen molar-refractivity contribution in [3.8, 4) is 0 Å². The van der Waals surface area contributed by atoms with E-state index in [1.165, 1.54) is 6.42 Å². The Bertz CT molecular complexity index is 717. The highest BCUT2D eigenvalue weighted by molar-refractivity contribution is 5.98. The number of aryl methyl sites for hydroxylation is 1. The second kappa shape index (κ2) is 9.75. The Kier molecular flexibility index (Phi) is 7.33. The van der Waals surface area contributed by atoms with Gasteiger partial charge in [0.1, 0.15) is 0 Å². The van der Waals surface area contributed by atoms with Crippen LogP contribution in [-0.2, 0) is 4.79 Å². The van der Waals surface area contributed by atoms with E-state index >= 15 is 0 Å².